The predicted molar refractivity (Wildman–Crippen MR) is 98.1 cm³/mol. The molecule has 0 aliphatic heterocycles. The molecule has 4 nitrogen and oxygen atoms in total. The summed E-state index contributed by atoms with van der Waals surface area (Å²) in [5.41, 5.74) is 2.78. The summed E-state index contributed by atoms with van der Waals surface area (Å²) < 4.78 is 0. The Hall–Kier alpha value is -2.10. The van der Waals surface area contributed by atoms with Crippen molar-refractivity contribution in [2.75, 3.05) is 17.3 Å². The minimum Gasteiger partial charge on any atom is -0.386 e. The molecule has 0 spiro atoms. The van der Waals surface area contributed by atoms with Gasteiger partial charge in [-0.15, -0.1) is 0 Å². The highest BCUT2D eigenvalue weighted by molar-refractivity contribution is 6.00. The lowest BCUT2D eigenvalue weighted by Gasteiger charge is -2.30. The van der Waals surface area contributed by atoms with E-state index in [1.807, 2.05) is 42.4 Å². The second kappa shape index (κ2) is 8.51. The van der Waals surface area contributed by atoms with Crippen LogP contribution < -0.4 is 10.2 Å². The van der Waals surface area contributed by atoms with E-state index < -0.39 is 0 Å². The molecule has 23 heavy (non-hydrogen) atoms. The maximum absolute atomic E-state index is 11.9. The van der Waals surface area contributed by atoms with Crippen molar-refractivity contribution in [2.24, 2.45) is 0 Å². The lowest BCUT2D eigenvalue weighted by Crippen LogP contribution is -2.34. The van der Waals surface area contributed by atoms with Crippen molar-refractivity contribution < 1.29 is 4.79 Å². The number of unbranched alkanes of at least 4 members (excludes halogenated alkanes) is 1. The molecule has 1 N–H and O–H groups in total. The summed E-state index contributed by atoms with van der Waals surface area (Å²) in [4.78, 5) is 18.3. The fourth-order valence-electron chi connectivity index (χ4n) is 3.12. The first-order valence-corrected chi connectivity index (χ1v) is 8.55. The van der Waals surface area contributed by atoms with Crippen molar-refractivity contribution in [1.82, 2.24) is 4.98 Å². The van der Waals surface area contributed by atoms with Crippen LogP contribution in [0.2, 0.25) is 0 Å². The van der Waals surface area contributed by atoms with Gasteiger partial charge in [0.25, 0.3) is 0 Å². The van der Waals surface area contributed by atoms with Gasteiger partial charge in [-0.1, -0.05) is 51.3 Å². The number of nitrogens with one attached hydrogen (secondary N) is 1. The van der Waals surface area contributed by atoms with Gasteiger partial charge in [-0.3, -0.25) is 9.78 Å². The summed E-state index contributed by atoms with van der Waals surface area (Å²) in [6, 6.07) is 8.24. The Kier molecular flexibility index (Phi) is 6.39. The number of fused-ring (bicyclic) bond motifs is 1. The normalized spacial score (nSPS) is 12.1. The van der Waals surface area contributed by atoms with Crippen molar-refractivity contribution in [3.8, 4) is 0 Å². The molecule has 0 aliphatic rings. The standard InChI is InChI=1S/C19H27N3O/c1-4-6-10-15(9-5-2)22(14-23)18-13-21-17-12-8-7-11-16(17)19(18)20-3/h7-8,11-15H,4-6,9-10H2,1-3H3,(H,20,21). The van der Waals surface area contributed by atoms with E-state index in [2.05, 4.69) is 24.1 Å². The van der Waals surface area contributed by atoms with Crippen LogP contribution in [0.4, 0.5) is 11.4 Å². The van der Waals surface area contributed by atoms with E-state index >= 15 is 0 Å². The van der Waals surface area contributed by atoms with Gasteiger partial charge in [0.1, 0.15) is 0 Å². The quantitative estimate of drug-likeness (QED) is 0.688. The summed E-state index contributed by atoms with van der Waals surface area (Å²) in [5.74, 6) is 0. The Morgan fingerprint density at radius 2 is 2.00 bits per heavy atom. The number of hydrogen-bond acceptors (Lipinski definition) is 3. The number of anilines is 2. The third-order valence-electron chi connectivity index (χ3n) is 4.30. The van der Waals surface area contributed by atoms with Crippen molar-refractivity contribution in [2.45, 2.75) is 52.0 Å². The molecule has 0 saturated carbocycles. The minimum atomic E-state index is 0.229. The van der Waals surface area contributed by atoms with Gasteiger partial charge < -0.3 is 10.2 Å². The second-order valence-corrected chi connectivity index (χ2v) is 5.88. The SMILES string of the molecule is CCCCC(CCC)N(C=O)c1cnc2ccccc2c1NC. The molecule has 0 saturated heterocycles. The smallest absolute Gasteiger partial charge is 0.214 e. The molecule has 1 aromatic heterocycles. The fourth-order valence-corrected chi connectivity index (χ4v) is 3.12. The highest BCUT2D eigenvalue weighted by Crippen LogP contribution is 2.34. The minimum absolute atomic E-state index is 0.229. The maximum atomic E-state index is 11.9. The van der Waals surface area contributed by atoms with Crippen LogP contribution in [0.3, 0.4) is 0 Å². The average molecular weight is 313 g/mol. The molecule has 0 radical (unpaired) electrons. The van der Waals surface area contributed by atoms with Crippen LogP contribution in [0.5, 0.6) is 0 Å². The van der Waals surface area contributed by atoms with Gasteiger partial charge in [0.2, 0.25) is 6.41 Å². The van der Waals surface area contributed by atoms with E-state index in [1.54, 1.807) is 0 Å². The van der Waals surface area contributed by atoms with E-state index in [0.717, 1.165) is 60.8 Å². The van der Waals surface area contributed by atoms with E-state index in [-0.39, 0.29) is 6.04 Å². The maximum Gasteiger partial charge on any atom is 0.214 e. The average Bonchev–Trinajstić information content (AvgIpc) is 2.59. The first-order valence-electron chi connectivity index (χ1n) is 8.55. The molecule has 1 amide bonds. The lowest BCUT2D eigenvalue weighted by atomic mass is 10.0. The Labute approximate surface area is 138 Å². The Bertz CT molecular complexity index is 642. The van der Waals surface area contributed by atoms with Crippen molar-refractivity contribution in [3.05, 3.63) is 30.5 Å². The van der Waals surface area contributed by atoms with Crippen LogP contribution >= 0.6 is 0 Å². The topological polar surface area (TPSA) is 45.2 Å². The van der Waals surface area contributed by atoms with Gasteiger partial charge in [-0.25, -0.2) is 0 Å². The summed E-state index contributed by atoms with van der Waals surface area (Å²) in [5, 5.41) is 4.31. The molecule has 124 valence electrons. The highest BCUT2D eigenvalue weighted by atomic mass is 16.1. The number of hydrogen-bond donors (Lipinski definition) is 1. The van der Waals surface area contributed by atoms with E-state index in [4.69, 9.17) is 0 Å². The number of carbonyl (C=O) groups is 1. The monoisotopic (exact) mass is 313 g/mol. The summed E-state index contributed by atoms with van der Waals surface area (Å²) >= 11 is 0. The number of para-hydroxylation sites is 1. The zero-order chi connectivity index (χ0) is 16.7. The van der Waals surface area contributed by atoms with Crippen LogP contribution in [0.1, 0.15) is 46.0 Å². The van der Waals surface area contributed by atoms with Crippen molar-refractivity contribution >= 4 is 28.7 Å². The molecule has 4 heteroatoms. The number of pyridine rings is 1. The van der Waals surface area contributed by atoms with Crippen LogP contribution in [-0.4, -0.2) is 24.5 Å². The molecular weight excluding hydrogens is 286 g/mol. The van der Waals surface area contributed by atoms with Gasteiger partial charge in [-0.2, -0.15) is 0 Å². The van der Waals surface area contributed by atoms with Crippen molar-refractivity contribution in [3.63, 3.8) is 0 Å². The molecule has 1 heterocycles. The van der Waals surface area contributed by atoms with E-state index in [0.29, 0.717) is 0 Å². The second-order valence-electron chi connectivity index (χ2n) is 5.88. The fraction of sp³-hybridized carbons (Fsp3) is 0.474. The highest BCUT2D eigenvalue weighted by Gasteiger charge is 2.21. The van der Waals surface area contributed by atoms with E-state index in [1.165, 1.54) is 0 Å². The summed E-state index contributed by atoms with van der Waals surface area (Å²) in [6.07, 6.45) is 8.15. The number of rotatable bonds is 9. The van der Waals surface area contributed by atoms with Gasteiger partial charge in [0.15, 0.2) is 0 Å². The number of aromatic nitrogens is 1. The molecular formula is C19H27N3O. The first-order chi connectivity index (χ1) is 11.3. The van der Waals surface area contributed by atoms with Gasteiger partial charge in [0, 0.05) is 18.5 Å². The number of carbonyl (C=O) groups excluding carboxylic acids is 1. The third-order valence-corrected chi connectivity index (χ3v) is 4.30. The summed E-state index contributed by atoms with van der Waals surface area (Å²) in [7, 11) is 1.90. The van der Waals surface area contributed by atoms with Gasteiger partial charge in [-0.05, 0) is 18.9 Å². The Morgan fingerprint density at radius 3 is 2.65 bits per heavy atom. The molecule has 1 atom stereocenters. The van der Waals surface area contributed by atoms with E-state index in [9.17, 15) is 4.79 Å². The van der Waals surface area contributed by atoms with Gasteiger partial charge >= 0.3 is 0 Å². The Balaban J connectivity index is 2.46. The summed E-state index contributed by atoms with van der Waals surface area (Å²) in [6.45, 7) is 4.35. The van der Waals surface area contributed by atoms with Crippen LogP contribution in [0.15, 0.2) is 30.5 Å². The predicted octanol–water partition coefficient (Wildman–Crippen LogP) is 4.60. The first kappa shape index (κ1) is 17.3. The number of nitrogens with zero attached hydrogens (tertiary/aromatic N) is 2. The largest absolute Gasteiger partial charge is 0.386 e. The third kappa shape index (κ3) is 3.81. The molecule has 1 unspecified atom stereocenters. The molecule has 0 bridgehead atoms. The number of benzene rings is 1. The zero-order valence-electron chi connectivity index (χ0n) is 14.4. The zero-order valence-corrected chi connectivity index (χ0v) is 14.4. The molecule has 0 fully saturated rings. The van der Waals surface area contributed by atoms with Crippen LogP contribution in [0.25, 0.3) is 10.9 Å². The Morgan fingerprint density at radius 1 is 1.22 bits per heavy atom. The molecule has 1 aromatic carbocycles. The number of amides is 1. The molecule has 0 aliphatic carbocycles. The van der Waals surface area contributed by atoms with Crippen molar-refractivity contribution in [1.29, 1.82) is 0 Å². The molecule has 2 aromatic rings. The van der Waals surface area contributed by atoms with Crippen LogP contribution in [0, 0.1) is 0 Å². The van der Waals surface area contributed by atoms with Crippen LogP contribution in [-0.2, 0) is 4.79 Å². The molecule has 2 rings (SSSR count). The lowest BCUT2D eigenvalue weighted by molar-refractivity contribution is -0.107. The van der Waals surface area contributed by atoms with Gasteiger partial charge in [0.05, 0.1) is 23.1 Å².